The average Bonchev–Trinajstić information content (AvgIpc) is 2.99. The van der Waals surface area contributed by atoms with E-state index in [9.17, 15) is 18.0 Å². The number of nitrogens with zero attached hydrogens (tertiary/aromatic N) is 5. The van der Waals surface area contributed by atoms with Crippen LogP contribution >= 0.6 is 11.6 Å². The molecule has 0 saturated carbocycles. The molecule has 0 unspecified atom stereocenters. The molecule has 0 aliphatic carbocycles. The summed E-state index contributed by atoms with van der Waals surface area (Å²) in [5, 5.41) is 3.42. The van der Waals surface area contributed by atoms with Crippen LogP contribution in [0.15, 0.2) is 35.5 Å². The molecular formula is C19H24ClF3N6O. The number of hydrogen-bond acceptors (Lipinski definition) is 3. The van der Waals surface area contributed by atoms with Crippen LogP contribution in [0.25, 0.3) is 0 Å². The number of likely N-dealkylation sites (N-methyl/N-ethyl adjacent to an activating group) is 1. The molecule has 0 bridgehead atoms. The van der Waals surface area contributed by atoms with Gasteiger partial charge in [0.2, 0.25) is 5.91 Å². The van der Waals surface area contributed by atoms with Crippen molar-refractivity contribution in [2.75, 3.05) is 27.7 Å². The van der Waals surface area contributed by atoms with Crippen LogP contribution in [-0.4, -0.2) is 58.9 Å². The largest absolute Gasteiger partial charge is 0.416 e. The molecule has 0 radical (unpaired) electrons. The third-order valence-corrected chi connectivity index (χ3v) is 4.68. The molecule has 0 aliphatic rings. The number of halogens is 4. The van der Waals surface area contributed by atoms with Crippen LogP contribution < -0.4 is 5.32 Å². The molecule has 1 aromatic carbocycles. The summed E-state index contributed by atoms with van der Waals surface area (Å²) in [5.41, 5.74) is -0.333. The lowest BCUT2D eigenvalue weighted by atomic mass is 10.1. The maximum atomic E-state index is 12.9. The Balaban J connectivity index is 2.21. The number of aromatic nitrogens is 2. The number of rotatable bonds is 6. The zero-order chi connectivity index (χ0) is 22.5. The summed E-state index contributed by atoms with van der Waals surface area (Å²) in [5.74, 6) is 0.840. The van der Waals surface area contributed by atoms with E-state index in [0.717, 1.165) is 12.1 Å². The van der Waals surface area contributed by atoms with Crippen LogP contribution in [0, 0.1) is 0 Å². The van der Waals surface area contributed by atoms with Gasteiger partial charge in [0.25, 0.3) is 0 Å². The number of hydrogen-bond donors (Lipinski definition) is 1. The van der Waals surface area contributed by atoms with Gasteiger partial charge in [0.1, 0.15) is 11.0 Å². The number of carbonyl (C=O) groups is 1. The van der Waals surface area contributed by atoms with Crippen molar-refractivity contribution < 1.29 is 18.0 Å². The minimum Gasteiger partial charge on any atom is -0.347 e. The SMILES string of the molecule is CN(C)C(=O)CNC(=NCc1cccc(C(F)(F)F)c1)N(C)Cc1ncc(Cl)n1C. The second kappa shape index (κ2) is 9.84. The van der Waals surface area contributed by atoms with Gasteiger partial charge in [-0.15, -0.1) is 0 Å². The monoisotopic (exact) mass is 444 g/mol. The quantitative estimate of drug-likeness (QED) is 0.549. The fourth-order valence-corrected chi connectivity index (χ4v) is 2.64. The first-order valence-corrected chi connectivity index (χ1v) is 9.38. The maximum absolute atomic E-state index is 12.9. The van der Waals surface area contributed by atoms with E-state index in [0.29, 0.717) is 29.0 Å². The van der Waals surface area contributed by atoms with Crippen LogP contribution in [0.2, 0.25) is 5.15 Å². The second-order valence-corrected chi connectivity index (χ2v) is 7.28. The molecule has 0 atom stereocenters. The molecule has 30 heavy (non-hydrogen) atoms. The first-order valence-electron chi connectivity index (χ1n) is 9.01. The Labute approximate surface area is 178 Å². The van der Waals surface area contributed by atoms with Crippen molar-refractivity contribution in [3.8, 4) is 0 Å². The topological polar surface area (TPSA) is 65.8 Å². The van der Waals surface area contributed by atoms with Gasteiger partial charge in [-0.2, -0.15) is 13.2 Å². The molecule has 1 aromatic heterocycles. The summed E-state index contributed by atoms with van der Waals surface area (Å²) < 4.78 is 40.5. The fourth-order valence-electron chi connectivity index (χ4n) is 2.49. The Kier molecular flexibility index (Phi) is 7.71. The number of nitrogens with one attached hydrogen (secondary N) is 1. The second-order valence-electron chi connectivity index (χ2n) is 6.89. The summed E-state index contributed by atoms with van der Waals surface area (Å²) in [6.07, 6.45) is -2.90. The molecule has 1 heterocycles. The molecule has 1 N–H and O–H groups in total. The fraction of sp³-hybridized carbons (Fsp3) is 0.421. The predicted octanol–water partition coefficient (Wildman–Crippen LogP) is 2.76. The lowest BCUT2D eigenvalue weighted by Crippen LogP contribution is -2.43. The Bertz CT molecular complexity index is 910. The van der Waals surface area contributed by atoms with Crippen molar-refractivity contribution in [3.05, 3.63) is 52.6 Å². The van der Waals surface area contributed by atoms with E-state index < -0.39 is 11.7 Å². The van der Waals surface area contributed by atoms with Gasteiger partial charge in [-0.1, -0.05) is 23.7 Å². The molecule has 1 amide bonds. The molecule has 7 nitrogen and oxygen atoms in total. The molecule has 2 aromatic rings. The highest BCUT2D eigenvalue weighted by Crippen LogP contribution is 2.29. The maximum Gasteiger partial charge on any atom is 0.416 e. The van der Waals surface area contributed by atoms with E-state index in [1.807, 2.05) is 0 Å². The van der Waals surface area contributed by atoms with E-state index in [1.165, 1.54) is 17.2 Å². The first-order chi connectivity index (χ1) is 14.0. The Hall–Kier alpha value is -2.75. The molecule has 0 aliphatic heterocycles. The molecule has 2 rings (SSSR count). The van der Waals surface area contributed by atoms with Gasteiger partial charge in [0.05, 0.1) is 31.4 Å². The zero-order valence-electron chi connectivity index (χ0n) is 17.2. The van der Waals surface area contributed by atoms with Crippen molar-refractivity contribution in [1.29, 1.82) is 0 Å². The Morgan fingerprint density at radius 1 is 1.30 bits per heavy atom. The predicted molar refractivity (Wildman–Crippen MR) is 109 cm³/mol. The average molecular weight is 445 g/mol. The third-order valence-electron chi connectivity index (χ3n) is 4.33. The summed E-state index contributed by atoms with van der Waals surface area (Å²) in [6.45, 7) is 0.321. The molecule has 11 heteroatoms. The summed E-state index contributed by atoms with van der Waals surface area (Å²) in [6, 6.07) is 4.99. The highest BCUT2D eigenvalue weighted by Gasteiger charge is 2.30. The van der Waals surface area contributed by atoms with Crippen LogP contribution in [0.3, 0.4) is 0 Å². The number of guanidine groups is 1. The lowest BCUT2D eigenvalue weighted by Gasteiger charge is -2.23. The van der Waals surface area contributed by atoms with Crippen LogP contribution in [-0.2, 0) is 31.1 Å². The normalized spacial score (nSPS) is 12.1. The molecule has 164 valence electrons. The molecular weight excluding hydrogens is 421 g/mol. The van der Waals surface area contributed by atoms with Gasteiger partial charge in [0, 0.05) is 28.2 Å². The standard InChI is InChI=1S/C19H24ClF3N6O/c1-27(2)17(30)11-26-18(28(3)12-16-24-10-15(20)29(16)4)25-9-13-6-5-7-14(8-13)19(21,22)23/h5-8,10H,9,11-12H2,1-4H3,(H,25,26). The van der Waals surface area contributed by atoms with E-state index >= 15 is 0 Å². The Morgan fingerprint density at radius 3 is 2.57 bits per heavy atom. The molecule has 0 fully saturated rings. The lowest BCUT2D eigenvalue weighted by molar-refractivity contribution is -0.137. The van der Waals surface area contributed by atoms with Crippen molar-refractivity contribution in [3.63, 3.8) is 0 Å². The van der Waals surface area contributed by atoms with Crippen LogP contribution in [0.5, 0.6) is 0 Å². The van der Waals surface area contributed by atoms with Gasteiger partial charge >= 0.3 is 6.18 Å². The van der Waals surface area contributed by atoms with Crippen molar-refractivity contribution in [2.24, 2.45) is 12.0 Å². The van der Waals surface area contributed by atoms with Crippen molar-refractivity contribution >= 4 is 23.5 Å². The van der Waals surface area contributed by atoms with E-state index in [2.05, 4.69) is 15.3 Å². The minimum atomic E-state index is -4.42. The molecule has 0 saturated heterocycles. The number of benzene rings is 1. The summed E-state index contributed by atoms with van der Waals surface area (Å²) in [7, 11) is 6.76. The zero-order valence-corrected chi connectivity index (χ0v) is 17.9. The van der Waals surface area contributed by atoms with E-state index in [-0.39, 0.29) is 19.0 Å². The highest BCUT2D eigenvalue weighted by molar-refractivity contribution is 6.29. The molecule has 0 spiro atoms. The van der Waals surface area contributed by atoms with E-state index in [1.54, 1.807) is 43.7 Å². The van der Waals surface area contributed by atoms with Crippen LogP contribution in [0.1, 0.15) is 17.0 Å². The van der Waals surface area contributed by atoms with Gasteiger partial charge in [0.15, 0.2) is 5.96 Å². The number of carbonyl (C=O) groups excluding carboxylic acids is 1. The van der Waals surface area contributed by atoms with Crippen molar-refractivity contribution in [1.82, 2.24) is 24.7 Å². The summed E-state index contributed by atoms with van der Waals surface area (Å²) in [4.78, 5) is 23.7. The van der Waals surface area contributed by atoms with Gasteiger partial charge in [-0.05, 0) is 17.7 Å². The number of imidazole rings is 1. The number of aliphatic imine (C=N–C) groups is 1. The minimum absolute atomic E-state index is 0.00801. The first kappa shape index (κ1) is 23.5. The van der Waals surface area contributed by atoms with E-state index in [4.69, 9.17) is 11.6 Å². The van der Waals surface area contributed by atoms with Gasteiger partial charge in [-0.3, -0.25) is 4.79 Å². The summed E-state index contributed by atoms with van der Waals surface area (Å²) >= 11 is 6.02. The van der Waals surface area contributed by atoms with Crippen LogP contribution in [0.4, 0.5) is 13.2 Å². The Morgan fingerprint density at radius 2 is 2.00 bits per heavy atom. The smallest absolute Gasteiger partial charge is 0.347 e. The third kappa shape index (κ3) is 6.38. The number of alkyl halides is 3. The van der Waals surface area contributed by atoms with Gasteiger partial charge < -0.3 is 19.7 Å². The highest BCUT2D eigenvalue weighted by atomic mass is 35.5. The van der Waals surface area contributed by atoms with Crippen molar-refractivity contribution in [2.45, 2.75) is 19.3 Å². The number of amides is 1. The van der Waals surface area contributed by atoms with Gasteiger partial charge in [-0.25, -0.2) is 9.98 Å².